The molecule has 7 heteroatoms. The van der Waals surface area contributed by atoms with Crippen LogP contribution in [0.15, 0.2) is 24.3 Å². The Hall–Kier alpha value is -2.96. The molecule has 1 aromatic heterocycles. The molecule has 2 N–H and O–H groups in total. The van der Waals surface area contributed by atoms with Gasteiger partial charge < -0.3 is 10.1 Å². The molecule has 0 aliphatic carbocycles. The third-order valence-corrected chi connectivity index (χ3v) is 3.44. The summed E-state index contributed by atoms with van der Waals surface area (Å²) in [7, 11) is 0. The van der Waals surface area contributed by atoms with Crippen LogP contribution < -0.4 is 10.6 Å². The normalized spacial score (nSPS) is 10.4. The number of aryl methyl sites for hydroxylation is 2. The maximum absolute atomic E-state index is 12.4. The van der Waals surface area contributed by atoms with Crippen LogP contribution in [0.3, 0.4) is 0 Å². The summed E-state index contributed by atoms with van der Waals surface area (Å²) in [5.74, 6) is -1.32. The average molecular weight is 343 g/mol. The van der Waals surface area contributed by atoms with Crippen molar-refractivity contribution in [1.29, 1.82) is 0 Å². The minimum atomic E-state index is -0.687. The average Bonchev–Trinajstić information content (AvgIpc) is 2.57. The fourth-order valence-electron chi connectivity index (χ4n) is 2.30. The molecule has 1 aromatic carbocycles. The van der Waals surface area contributed by atoms with Crippen molar-refractivity contribution in [2.24, 2.45) is 0 Å². The Morgan fingerprint density at radius 2 is 1.92 bits per heavy atom. The van der Waals surface area contributed by atoms with Crippen molar-refractivity contribution in [3.63, 3.8) is 0 Å². The van der Waals surface area contributed by atoms with Crippen LogP contribution in [-0.4, -0.2) is 36.0 Å². The second-order valence-corrected chi connectivity index (χ2v) is 5.71. The lowest BCUT2D eigenvalue weighted by Gasteiger charge is -2.09. The molecule has 3 amide bonds. The van der Waals surface area contributed by atoms with Gasteiger partial charge >= 0.3 is 12.0 Å². The number of urea groups is 1. The van der Waals surface area contributed by atoms with E-state index in [-0.39, 0.29) is 0 Å². The number of imide groups is 1. The van der Waals surface area contributed by atoms with Crippen LogP contribution in [0.4, 0.5) is 4.79 Å². The number of nitrogens with zero attached hydrogens (tertiary/aromatic N) is 1. The van der Waals surface area contributed by atoms with Crippen LogP contribution in [0.2, 0.25) is 0 Å². The molecule has 0 bridgehead atoms. The molecule has 2 rings (SSSR count). The quantitative estimate of drug-likeness (QED) is 0.812. The van der Waals surface area contributed by atoms with Gasteiger partial charge in [-0.15, -0.1) is 0 Å². The van der Waals surface area contributed by atoms with Gasteiger partial charge in [-0.1, -0.05) is 18.6 Å². The number of fused-ring (bicyclic) bond motifs is 1. The van der Waals surface area contributed by atoms with E-state index < -0.39 is 24.5 Å². The number of carbonyl (C=O) groups is 3. The van der Waals surface area contributed by atoms with E-state index in [1.807, 2.05) is 32.0 Å². The molecule has 7 nitrogen and oxygen atoms in total. The summed E-state index contributed by atoms with van der Waals surface area (Å²) < 4.78 is 5.04. The molecular weight excluding hydrogens is 322 g/mol. The summed E-state index contributed by atoms with van der Waals surface area (Å²) in [6, 6.07) is 6.60. The standard InChI is InChI=1S/C18H21N3O4/c1-4-7-19-18(24)21-16(22)10-25-17(23)14-9-12(3)20-15-6-5-11(2)8-13(14)15/h5-6,8-9H,4,7,10H2,1-3H3,(H2,19,21,22,24). The number of hydrogen-bond acceptors (Lipinski definition) is 5. The van der Waals surface area contributed by atoms with Gasteiger partial charge in [0.15, 0.2) is 6.61 Å². The molecule has 0 atom stereocenters. The second kappa shape index (κ2) is 8.23. The number of benzene rings is 1. The van der Waals surface area contributed by atoms with Gasteiger partial charge in [0.25, 0.3) is 5.91 Å². The Balaban J connectivity index is 2.06. The predicted molar refractivity (Wildman–Crippen MR) is 93.3 cm³/mol. The topological polar surface area (TPSA) is 97.4 Å². The molecule has 0 aliphatic rings. The highest BCUT2D eigenvalue weighted by atomic mass is 16.5. The van der Waals surface area contributed by atoms with E-state index in [9.17, 15) is 14.4 Å². The minimum absolute atomic E-state index is 0.342. The smallest absolute Gasteiger partial charge is 0.339 e. The Morgan fingerprint density at radius 3 is 2.64 bits per heavy atom. The Kier molecular flexibility index (Phi) is 6.05. The van der Waals surface area contributed by atoms with Gasteiger partial charge in [-0.25, -0.2) is 9.59 Å². The van der Waals surface area contributed by atoms with Crippen LogP contribution in [0.1, 0.15) is 35.0 Å². The first-order valence-corrected chi connectivity index (χ1v) is 8.03. The van der Waals surface area contributed by atoms with Crippen LogP contribution >= 0.6 is 0 Å². The largest absolute Gasteiger partial charge is 0.452 e. The molecule has 2 aromatic rings. The Labute approximate surface area is 145 Å². The maximum atomic E-state index is 12.4. The van der Waals surface area contributed by atoms with Crippen molar-refractivity contribution in [2.45, 2.75) is 27.2 Å². The van der Waals surface area contributed by atoms with E-state index in [1.54, 1.807) is 13.0 Å². The number of rotatable bonds is 5. The molecule has 25 heavy (non-hydrogen) atoms. The van der Waals surface area contributed by atoms with Crippen molar-refractivity contribution >= 4 is 28.8 Å². The van der Waals surface area contributed by atoms with E-state index in [2.05, 4.69) is 15.6 Å². The number of pyridine rings is 1. The van der Waals surface area contributed by atoms with Crippen LogP contribution in [0.5, 0.6) is 0 Å². The molecule has 132 valence electrons. The highest BCUT2D eigenvalue weighted by Gasteiger charge is 2.16. The van der Waals surface area contributed by atoms with E-state index in [1.165, 1.54) is 0 Å². The summed E-state index contributed by atoms with van der Waals surface area (Å²) >= 11 is 0. The van der Waals surface area contributed by atoms with Gasteiger partial charge in [-0.2, -0.15) is 0 Å². The monoisotopic (exact) mass is 343 g/mol. The first-order chi connectivity index (χ1) is 11.9. The molecule has 0 fully saturated rings. The molecule has 0 spiro atoms. The van der Waals surface area contributed by atoms with Crippen molar-refractivity contribution in [3.8, 4) is 0 Å². The maximum Gasteiger partial charge on any atom is 0.339 e. The second-order valence-electron chi connectivity index (χ2n) is 5.71. The molecule has 0 radical (unpaired) electrons. The van der Waals surface area contributed by atoms with E-state index in [4.69, 9.17) is 4.74 Å². The van der Waals surface area contributed by atoms with Crippen molar-refractivity contribution in [3.05, 3.63) is 41.1 Å². The van der Waals surface area contributed by atoms with Crippen molar-refractivity contribution in [1.82, 2.24) is 15.6 Å². The van der Waals surface area contributed by atoms with Gasteiger partial charge in [0, 0.05) is 17.6 Å². The summed E-state index contributed by atoms with van der Waals surface area (Å²) in [4.78, 5) is 39.8. The fraction of sp³-hybridized carbons (Fsp3) is 0.333. The molecule has 0 saturated heterocycles. The van der Waals surface area contributed by atoms with Gasteiger partial charge in [0.2, 0.25) is 0 Å². The summed E-state index contributed by atoms with van der Waals surface area (Å²) in [5, 5.41) is 5.27. The zero-order chi connectivity index (χ0) is 18.4. The predicted octanol–water partition coefficient (Wildman–Crippen LogP) is 2.24. The molecule has 1 heterocycles. The number of amides is 3. The number of esters is 1. The Morgan fingerprint density at radius 1 is 1.16 bits per heavy atom. The number of carbonyl (C=O) groups excluding carboxylic acids is 3. The minimum Gasteiger partial charge on any atom is -0.452 e. The van der Waals surface area contributed by atoms with Crippen LogP contribution in [0, 0.1) is 13.8 Å². The zero-order valence-electron chi connectivity index (χ0n) is 14.5. The van der Waals surface area contributed by atoms with Crippen LogP contribution in [-0.2, 0) is 9.53 Å². The van der Waals surface area contributed by atoms with E-state index in [0.717, 1.165) is 12.0 Å². The SMILES string of the molecule is CCCNC(=O)NC(=O)COC(=O)c1cc(C)nc2ccc(C)cc12. The van der Waals surface area contributed by atoms with Gasteiger partial charge in [-0.3, -0.25) is 15.1 Å². The third kappa shape index (κ3) is 5.00. The first kappa shape index (κ1) is 18.4. The van der Waals surface area contributed by atoms with Gasteiger partial charge in [0.05, 0.1) is 11.1 Å². The lowest BCUT2D eigenvalue weighted by molar-refractivity contribution is -0.123. The van der Waals surface area contributed by atoms with Gasteiger partial charge in [-0.05, 0) is 38.5 Å². The summed E-state index contributed by atoms with van der Waals surface area (Å²) in [6.45, 7) is 5.51. The summed E-state index contributed by atoms with van der Waals surface area (Å²) in [5.41, 5.74) is 2.68. The summed E-state index contributed by atoms with van der Waals surface area (Å²) in [6.07, 6.45) is 0.754. The van der Waals surface area contributed by atoms with E-state index in [0.29, 0.717) is 28.7 Å². The van der Waals surface area contributed by atoms with Crippen molar-refractivity contribution in [2.75, 3.05) is 13.2 Å². The lowest BCUT2D eigenvalue weighted by Crippen LogP contribution is -2.41. The highest BCUT2D eigenvalue weighted by molar-refractivity contribution is 6.04. The third-order valence-electron chi connectivity index (χ3n) is 3.44. The fourth-order valence-corrected chi connectivity index (χ4v) is 2.30. The lowest BCUT2D eigenvalue weighted by atomic mass is 10.1. The number of nitrogens with one attached hydrogen (secondary N) is 2. The highest BCUT2D eigenvalue weighted by Crippen LogP contribution is 2.20. The number of ether oxygens (including phenoxy) is 1. The van der Waals surface area contributed by atoms with E-state index >= 15 is 0 Å². The molecular formula is C18H21N3O4. The zero-order valence-corrected chi connectivity index (χ0v) is 14.5. The number of hydrogen-bond donors (Lipinski definition) is 2. The van der Waals surface area contributed by atoms with Crippen LogP contribution in [0.25, 0.3) is 10.9 Å². The Bertz CT molecular complexity index is 817. The first-order valence-electron chi connectivity index (χ1n) is 8.03. The molecule has 0 unspecified atom stereocenters. The van der Waals surface area contributed by atoms with Gasteiger partial charge in [0.1, 0.15) is 0 Å². The molecule has 0 aliphatic heterocycles. The number of aromatic nitrogens is 1. The van der Waals surface area contributed by atoms with Crippen molar-refractivity contribution < 1.29 is 19.1 Å². The molecule has 0 saturated carbocycles.